The third kappa shape index (κ3) is 2.19. The number of H-pyrrole nitrogens is 1. The lowest BCUT2D eigenvalue weighted by molar-refractivity contribution is 0.107. The number of carbonyl (C=O) groups is 1. The quantitative estimate of drug-likeness (QED) is 0.670. The fraction of sp³-hybridized carbons (Fsp3) is 0.143. The van der Waals surface area contributed by atoms with E-state index in [2.05, 4.69) is 15.9 Å². The van der Waals surface area contributed by atoms with Crippen LogP contribution in [0.15, 0.2) is 15.5 Å². The van der Waals surface area contributed by atoms with Crippen molar-refractivity contribution in [2.75, 3.05) is 0 Å². The Bertz CT molecular complexity index is 432. The maximum atomic E-state index is 12.3. The number of hydrogen-bond donors (Lipinski definition) is 1. The van der Waals surface area contributed by atoms with Crippen molar-refractivity contribution in [2.45, 2.75) is 6.43 Å². The fourth-order valence-corrected chi connectivity index (χ4v) is 1.44. The van der Waals surface area contributed by atoms with E-state index in [0.717, 1.165) is 6.07 Å². The third-order valence-corrected chi connectivity index (χ3v) is 2.33. The molecule has 1 heterocycles. The first kappa shape index (κ1) is 11.3. The predicted octanol–water partition coefficient (Wildman–Crippen LogP) is 2.45. The highest BCUT2D eigenvalue weighted by Gasteiger charge is 2.17. The van der Waals surface area contributed by atoms with Crippen molar-refractivity contribution in [1.29, 1.82) is 0 Å². The highest BCUT2D eigenvalue weighted by molar-refractivity contribution is 9.10. The van der Waals surface area contributed by atoms with Crippen molar-refractivity contribution in [3.63, 3.8) is 0 Å². The topological polar surface area (TPSA) is 49.9 Å². The van der Waals surface area contributed by atoms with Crippen LogP contribution in [0.4, 0.5) is 8.78 Å². The van der Waals surface area contributed by atoms with E-state index >= 15 is 0 Å². The molecule has 7 heteroatoms. The number of alkyl halides is 2. The standard InChI is InChI=1S/C7H3BrClF2NO2/c8-4-2(6(10)11)1-3(5(9)13)7(14)12-4/h1,6H,(H,12,14). The fourth-order valence-electron chi connectivity index (χ4n) is 0.828. The molecule has 0 saturated carbocycles. The Labute approximate surface area is 90.2 Å². The number of hydrogen-bond acceptors (Lipinski definition) is 2. The molecule has 76 valence electrons. The van der Waals surface area contributed by atoms with E-state index in [1.165, 1.54) is 0 Å². The maximum Gasteiger partial charge on any atom is 0.266 e. The van der Waals surface area contributed by atoms with Crippen LogP contribution in [-0.4, -0.2) is 10.2 Å². The minimum absolute atomic E-state index is 0.154. The molecule has 3 nitrogen and oxygen atoms in total. The molecule has 0 aliphatic heterocycles. The van der Waals surface area contributed by atoms with Crippen LogP contribution in [-0.2, 0) is 0 Å². The summed E-state index contributed by atoms with van der Waals surface area (Å²) in [5.41, 5.74) is -1.78. The molecule has 0 bridgehead atoms. The van der Waals surface area contributed by atoms with Gasteiger partial charge in [0.1, 0.15) is 0 Å². The molecule has 0 amide bonds. The normalized spacial score (nSPS) is 10.6. The lowest BCUT2D eigenvalue weighted by Gasteiger charge is -2.03. The molecule has 0 radical (unpaired) electrons. The summed E-state index contributed by atoms with van der Waals surface area (Å²) in [7, 11) is 0. The molecule has 14 heavy (non-hydrogen) atoms. The van der Waals surface area contributed by atoms with Gasteiger partial charge in [-0.25, -0.2) is 8.78 Å². The number of aromatic amines is 1. The summed E-state index contributed by atoms with van der Waals surface area (Å²) in [6.45, 7) is 0. The Morgan fingerprint density at radius 1 is 1.57 bits per heavy atom. The van der Waals surface area contributed by atoms with Gasteiger partial charge in [-0.1, -0.05) is 0 Å². The molecule has 0 fully saturated rings. The Kier molecular flexibility index (Phi) is 3.38. The van der Waals surface area contributed by atoms with Crippen LogP contribution < -0.4 is 5.56 Å². The molecule has 0 saturated heterocycles. The average molecular weight is 286 g/mol. The first-order valence-electron chi connectivity index (χ1n) is 3.34. The predicted molar refractivity (Wildman–Crippen MR) is 49.9 cm³/mol. The Hall–Kier alpha value is -0.750. The van der Waals surface area contributed by atoms with Crippen molar-refractivity contribution in [3.8, 4) is 0 Å². The van der Waals surface area contributed by atoms with Gasteiger partial charge in [0.2, 0.25) is 0 Å². The van der Waals surface area contributed by atoms with E-state index in [9.17, 15) is 18.4 Å². The highest BCUT2D eigenvalue weighted by atomic mass is 79.9. The van der Waals surface area contributed by atoms with Gasteiger partial charge in [-0.3, -0.25) is 9.59 Å². The zero-order valence-corrected chi connectivity index (χ0v) is 8.82. The number of pyridine rings is 1. The molecule has 0 aliphatic carbocycles. The van der Waals surface area contributed by atoms with Gasteiger partial charge in [0.25, 0.3) is 17.2 Å². The smallest absolute Gasteiger partial charge is 0.266 e. The highest BCUT2D eigenvalue weighted by Crippen LogP contribution is 2.25. The van der Waals surface area contributed by atoms with Crippen molar-refractivity contribution >= 4 is 32.8 Å². The van der Waals surface area contributed by atoms with Crippen LogP contribution in [0.2, 0.25) is 0 Å². The van der Waals surface area contributed by atoms with Crippen LogP contribution in [0.3, 0.4) is 0 Å². The molecule has 0 aromatic carbocycles. The summed E-state index contributed by atoms with van der Waals surface area (Å²) in [5.74, 6) is 0. The minimum Gasteiger partial charge on any atom is -0.316 e. The zero-order valence-electron chi connectivity index (χ0n) is 6.48. The van der Waals surface area contributed by atoms with E-state index in [1.807, 2.05) is 4.98 Å². The van der Waals surface area contributed by atoms with Gasteiger partial charge in [-0.05, 0) is 33.6 Å². The minimum atomic E-state index is -2.80. The molecule has 0 spiro atoms. The second-order valence-corrected chi connectivity index (χ2v) is 3.49. The van der Waals surface area contributed by atoms with Crippen LogP contribution in [0.25, 0.3) is 0 Å². The van der Waals surface area contributed by atoms with E-state index in [-0.39, 0.29) is 4.60 Å². The average Bonchev–Trinajstić information content (AvgIpc) is 2.02. The van der Waals surface area contributed by atoms with Gasteiger partial charge < -0.3 is 4.98 Å². The summed E-state index contributed by atoms with van der Waals surface area (Å²) in [6.07, 6.45) is -2.80. The van der Waals surface area contributed by atoms with Crippen molar-refractivity contribution in [2.24, 2.45) is 0 Å². The first-order chi connectivity index (χ1) is 6.43. The molecular weight excluding hydrogens is 283 g/mol. The van der Waals surface area contributed by atoms with Gasteiger partial charge in [0.15, 0.2) is 0 Å². The van der Waals surface area contributed by atoms with Crippen molar-refractivity contribution in [1.82, 2.24) is 4.98 Å². The maximum absolute atomic E-state index is 12.3. The van der Waals surface area contributed by atoms with E-state index < -0.39 is 28.4 Å². The van der Waals surface area contributed by atoms with E-state index in [4.69, 9.17) is 11.6 Å². The van der Waals surface area contributed by atoms with Crippen molar-refractivity contribution in [3.05, 3.63) is 32.2 Å². The second-order valence-electron chi connectivity index (χ2n) is 2.36. The van der Waals surface area contributed by atoms with Crippen LogP contribution in [0.1, 0.15) is 22.3 Å². The second kappa shape index (κ2) is 4.18. The number of aromatic nitrogens is 1. The van der Waals surface area contributed by atoms with E-state index in [1.54, 1.807) is 0 Å². The molecule has 0 atom stereocenters. The Balaban J connectivity index is 3.42. The SMILES string of the molecule is O=C(Cl)c1cc(C(F)F)c(Br)[nH]c1=O. The van der Waals surface area contributed by atoms with Gasteiger partial charge in [-0.2, -0.15) is 0 Å². The zero-order chi connectivity index (χ0) is 10.9. The van der Waals surface area contributed by atoms with Gasteiger partial charge in [-0.15, -0.1) is 0 Å². The van der Waals surface area contributed by atoms with Crippen molar-refractivity contribution < 1.29 is 13.6 Å². The van der Waals surface area contributed by atoms with Crippen LogP contribution in [0, 0.1) is 0 Å². The number of nitrogens with one attached hydrogen (secondary N) is 1. The summed E-state index contributed by atoms with van der Waals surface area (Å²) >= 11 is 7.76. The molecule has 1 N–H and O–H groups in total. The molecule has 1 aromatic heterocycles. The summed E-state index contributed by atoms with van der Waals surface area (Å²) in [5, 5.41) is -1.07. The third-order valence-electron chi connectivity index (χ3n) is 1.47. The summed E-state index contributed by atoms with van der Waals surface area (Å²) < 4.78 is 24.4. The monoisotopic (exact) mass is 285 g/mol. The molecule has 0 unspecified atom stereocenters. The molecule has 1 rings (SSSR count). The molecule has 1 aromatic rings. The largest absolute Gasteiger partial charge is 0.316 e. The van der Waals surface area contributed by atoms with Gasteiger partial charge in [0, 0.05) is 5.56 Å². The molecular formula is C7H3BrClF2NO2. The number of carbonyl (C=O) groups excluding carboxylic acids is 1. The first-order valence-corrected chi connectivity index (χ1v) is 4.51. The molecule has 0 aliphatic rings. The van der Waals surface area contributed by atoms with E-state index in [0.29, 0.717) is 0 Å². The van der Waals surface area contributed by atoms with Crippen LogP contribution in [0.5, 0.6) is 0 Å². The number of halogens is 4. The lowest BCUT2D eigenvalue weighted by atomic mass is 10.2. The number of rotatable bonds is 2. The lowest BCUT2D eigenvalue weighted by Crippen LogP contribution is -2.16. The van der Waals surface area contributed by atoms with Crippen LogP contribution >= 0.6 is 27.5 Å². The Morgan fingerprint density at radius 2 is 2.14 bits per heavy atom. The van der Waals surface area contributed by atoms with Gasteiger partial charge in [0.05, 0.1) is 10.2 Å². The summed E-state index contributed by atoms with van der Waals surface area (Å²) in [4.78, 5) is 23.7. The summed E-state index contributed by atoms with van der Waals surface area (Å²) in [6, 6.07) is 0.767. The Morgan fingerprint density at radius 3 is 2.57 bits per heavy atom. The van der Waals surface area contributed by atoms with Gasteiger partial charge >= 0.3 is 0 Å².